The number of nitrogens with zero attached hydrogens (tertiary/aromatic N) is 3. The molecule has 5 nitrogen and oxygen atoms in total. The Hall–Kier alpha value is -0.940. The highest BCUT2D eigenvalue weighted by Crippen LogP contribution is 2.01. The van der Waals surface area contributed by atoms with E-state index in [1.54, 1.807) is 4.68 Å². The van der Waals surface area contributed by atoms with Crippen molar-refractivity contribution in [1.82, 2.24) is 14.8 Å². The van der Waals surface area contributed by atoms with Gasteiger partial charge in [-0.05, 0) is 19.9 Å². The Morgan fingerprint density at radius 3 is 3.08 bits per heavy atom. The van der Waals surface area contributed by atoms with Gasteiger partial charge in [-0.2, -0.15) is 5.10 Å². The highest BCUT2D eigenvalue weighted by molar-refractivity contribution is 4.87. The molecular weight excluding hydrogens is 168 g/mol. The van der Waals surface area contributed by atoms with Gasteiger partial charge in [0.05, 0.1) is 6.10 Å². The summed E-state index contributed by atoms with van der Waals surface area (Å²) in [5.74, 6) is 0.823. The van der Waals surface area contributed by atoms with Crippen molar-refractivity contribution in [2.24, 2.45) is 5.73 Å². The number of hydrogen-bond acceptors (Lipinski definition) is 4. The van der Waals surface area contributed by atoms with Crippen LogP contribution in [0.2, 0.25) is 0 Å². The number of aliphatic hydroxyl groups is 1. The second kappa shape index (κ2) is 4.94. The average molecular weight is 184 g/mol. The molecule has 1 rings (SSSR count). The van der Waals surface area contributed by atoms with Crippen LogP contribution < -0.4 is 5.73 Å². The van der Waals surface area contributed by atoms with Crippen LogP contribution in [0.5, 0.6) is 0 Å². The van der Waals surface area contributed by atoms with Crippen molar-refractivity contribution in [3.05, 3.63) is 12.2 Å². The van der Waals surface area contributed by atoms with Crippen molar-refractivity contribution in [1.29, 1.82) is 0 Å². The van der Waals surface area contributed by atoms with Crippen LogP contribution in [0.3, 0.4) is 0 Å². The van der Waals surface area contributed by atoms with Crippen LogP contribution in [-0.4, -0.2) is 32.5 Å². The van der Waals surface area contributed by atoms with E-state index >= 15 is 0 Å². The first kappa shape index (κ1) is 10.1. The summed E-state index contributed by atoms with van der Waals surface area (Å²) in [7, 11) is 0. The molecule has 0 bridgehead atoms. The Balaban J connectivity index is 2.52. The molecule has 0 aliphatic heterocycles. The Morgan fingerprint density at radius 2 is 2.46 bits per heavy atom. The zero-order valence-corrected chi connectivity index (χ0v) is 7.85. The Kier molecular flexibility index (Phi) is 3.85. The van der Waals surface area contributed by atoms with Gasteiger partial charge in [-0.25, -0.2) is 4.98 Å². The number of aromatic nitrogens is 3. The molecule has 0 saturated heterocycles. The van der Waals surface area contributed by atoms with Crippen LogP contribution in [0.15, 0.2) is 6.33 Å². The normalized spacial score (nSPS) is 13.2. The second-order valence-electron chi connectivity index (χ2n) is 2.93. The van der Waals surface area contributed by atoms with Crippen molar-refractivity contribution in [3.8, 4) is 0 Å². The van der Waals surface area contributed by atoms with Crippen LogP contribution in [0.4, 0.5) is 0 Å². The van der Waals surface area contributed by atoms with Crippen molar-refractivity contribution in [2.75, 3.05) is 6.54 Å². The van der Waals surface area contributed by atoms with Gasteiger partial charge in [-0.15, -0.1) is 0 Å². The molecule has 0 radical (unpaired) electrons. The molecule has 74 valence electrons. The second-order valence-corrected chi connectivity index (χ2v) is 2.93. The van der Waals surface area contributed by atoms with Gasteiger partial charge in [-0.3, -0.25) is 4.68 Å². The molecule has 1 aromatic rings. The third-order valence-electron chi connectivity index (χ3n) is 1.91. The van der Waals surface area contributed by atoms with Crippen molar-refractivity contribution in [2.45, 2.75) is 32.4 Å². The smallest absolute Gasteiger partial charge is 0.138 e. The maximum absolute atomic E-state index is 9.48. The molecule has 13 heavy (non-hydrogen) atoms. The molecular formula is C8H16N4O. The maximum atomic E-state index is 9.48. The fourth-order valence-electron chi connectivity index (χ4n) is 1.22. The third-order valence-corrected chi connectivity index (χ3v) is 1.91. The van der Waals surface area contributed by atoms with Gasteiger partial charge >= 0.3 is 0 Å². The molecule has 0 aromatic carbocycles. The standard InChI is InChI=1S/C8H16N4O/c1-2-12-8(10-6-11-12)5-7(13)3-4-9/h6-7,13H,2-5,9H2,1H3. The lowest BCUT2D eigenvalue weighted by molar-refractivity contribution is 0.163. The lowest BCUT2D eigenvalue weighted by Crippen LogP contribution is -2.18. The molecule has 3 N–H and O–H groups in total. The van der Waals surface area contributed by atoms with E-state index in [0.717, 1.165) is 12.4 Å². The van der Waals surface area contributed by atoms with Gasteiger partial charge in [0.1, 0.15) is 12.2 Å². The van der Waals surface area contributed by atoms with E-state index in [-0.39, 0.29) is 0 Å². The minimum Gasteiger partial charge on any atom is -0.393 e. The van der Waals surface area contributed by atoms with E-state index in [1.807, 2.05) is 6.92 Å². The number of hydrogen-bond donors (Lipinski definition) is 2. The van der Waals surface area contributed by atoms with Gasteiger partial charge < -0.3 is 10.8 Å². The van der Waals surface area contributed by atoms with Gasteiger partial charge in [0.2, 0.25) is 0 Å². The molecule has 1 aromatic heterocycles. The summed E-state index contributed by atoms with van der Waals surface area (Å²) in [6.45, 7) is 3.28. The van der Waals surface area contributed by atoms with Crippen molar-refractivity contribution >= 4 is 0 Å². The summed E-state index contributed by atoms with van der Waals surface area (Å²) in [4.78, 5) is 4.06. The van der Waals surface area contributed by atoms with Crippen LogP contribution in [0.25, 0.3) is 0 Å². The van der Waals surface area contributed by atoms with Crippen molar-refractivity contribution < 1.29 is 5.11 Å². The van der Waals surface area contributed by atoms with E-state index in [9.17, 15) is 5.11 Å². The number of aliphatic hydroxyl groups excluding tert-OH is 1. The molecule has 0 aliphatic rings. The third kappa shape index (κ3) is 2.78. The Bertz CT molecular complexity index is 248. The summed E-state index contributed by atoms with van der Waals surface area (Å²) in [5, 5.41) is 13.5. The predicted molar refractivity (Wildman–Crippen MR) is 49.1 cm³/mol. The fourth-order valence-corrected chi connectivity index (χ4v) is 1.22. The lowest BCUT2D eigenvalue weighted by atomic mass is 10.2. The Morgan fingerprint density at radius 1 is 1.69 bits per heavy atom. The Labute approximate surface area is 77.6 Å². The lowest BCUT2D eigenvalue weighted by Gasteiger charge is -2.08. The number of nitrogens with two attached hydrogens (primary N) is 1. The topological polar surface area (TPSA) is 77.0 Å². The number of aryl methyl sites for hydroxylation is 1. The summed E-state index contributed by atoms with van der Waals surface area (Å²) in [6, 6.07) is 0. The minimum absolute atomic E-state index is 0.403. The molecule has 1 unspecified atom stereocenters. The predicted octanol–water partition coefficient (Wildman–Crippen LogP) is -0.450. The monoisotopic (exact) mass is 184 g/mol. The largest absolute Gasteiger partial charge is 0.393 e. The van der Waals surface area contributed by atoms with E-state index in [4.69, 9.17) is 5.73 Å². The zero-order chi connectivity index (χ0) is 9.68. The summed E-state index contributed by atoms with van der Waals surface area (Å²) in [6.07, 6.45) is 2.25. The molecule has 0 amide bonds. The van der Waals surface area contributed by atoms with Crippen molar-refractivity contribution in [3.63, 3.8) is 0 Å². The SMILES string of the molecule is CCn1ncnc1CC(O)CCN. The first-order chi connectivity index (χ1) is 6.27. The number of rotatable bonds is 5. The van der Waals surface area contributed by atoms with E-state index in [0.29, 0.717) is 19.4 Å². The first-order valence-corrected chi connectivity index (χ1v) is 4.52. The molecule has 1 heterocycles. The summed E-state index contributed by atoms with van der Waals surface area (Å²) >= 11 is 0. The van der Waals surface area contributed by atoms with Crippen LogP contribution in [0.1, 0.15) is 19.2 Å². The molecule has 0 saturated carbocycles. The quantitative estimate of drug-likeness (QED) is 0.649. The maximum Gasteiger partial charge on any atom is 0.138 e. The van der Waals surface area contributed by atoms with Gasteiger partial charge in [0, 0.05) is 13.0 Å². The first-order valence-electron chi connectivity index (χ1n) is 4.52. The molecule has 1 atom stereocenters. The molecule has 0 spiro atoms. The summed E-state index contributed by atoms with van der Waals surface area (Å²) < 4.78 is 1.78. The summed E-state index contributed by atoms with van der Waals surface area (Å²) in [5.41, 5.74) is 5.33. The van der Waals surface area contributed by atoms with Gasteiger partial charge in [0.25, 0.3) is 0 Å². The van der Waals surface area contributed by atoms with E-state index in [1.165, 1.54) is 6.33 Å². The highest BCUT2D eigenvalue weighted by Gasteiger charge is 2.09. The van der Waals surface area contributed by atoms with Crippen LogP contribution >= 0.6 is 0 Å². The van der Waals surface area contributed by atoms with E-state index in [2.05, 4.69) is 10.1 Å². The van der Waals surface area contributed by atoms with Crippen LogP contribution in [-0.2, 0) is 13.0 Å². The van der Waals surface area contributed by atoms with Gasteiger partial charge in [0.15, 0.2) is 0 Å². The molecule has 5 heteroatoms. The van der Waals surface area contributed by atoms with Gasteiger partial charge in [-0.1, -0.05) is 0 Å². The van der Waals surface area contributed by atoms with Crippen LogP contribution in [0, 0.1) is 0 Å². The highest BCUT2D eigenvalue weighted by atomic mass is 16.3. The fraction of sp³-hybridized carbons (Fsp3) is 0.750. The average Bonchev–Trinajstić information content (AvgIpc) is 2.52. The molecule has 0 fully saturated rings. The van der Waals surface area contributed by atoms with E-state index < -0.39 is 6.10 Å². The molecule has 0 aliphatic carbocycles. The minimum atomic E-state index is -0.403. The zero-order valence-electron chi connectivity index (χ0n) is 7.85.